The van der Waals surface area contributed by atoms with E-state index in [9.17, 15) is 14.4 Å². The van der Waals surface area contributed by atoms with Gasteiger partial charge in [-0.3, -0.25) is 0 Å². The van der Waals surface area contributed by atoms with Gasteiger partial charge in [0.1, 0.15) is 37.6 Å². The second-order valence-corrected chi connectivity index (χ2v) is 13.6. The van der Waals surface area contributed by atoms with E-state index in [1.54, 1.807) is 84.9 Å². The van der Waals surface area contributed by atoms with E-state index in [4.69, 9.17) is 42.6 Å². The summed E-state index contributed by atoms with van der Waals surface area (Å²) in [4.78, 5) is 39.7. The fourth-order valence-corrected chi connectivity index (χ4v) is 6.70. The molecule has 0 bridgehead atoms. The van der Waals surface area contributed by atoms with Gasteiger partial charge in [-0.05, 0) is 47.5 Å². The Morgan fingerprint density at radius 2 is 0.862 bits per heavy atom. The summed E-state index contributed by atoms with van der Waals surface area (Å²) in [5.74, 6) is -1.78. The molecule has 0 aliphatic carbocycles. The predicted octanol–water partition coefficient (Wildman–Crippen LogP) is 6.58. The highest BCUT2D eigenvalue weighted by Crippen LogP contribution is 2.36. The van der Waals surface area contributed by atoms with Gasteiger partial charge in [0, 0.05) is 7.11 Å². The Bertz CT molecular complexity index is 2030. The standard InChI is InChI=1S/C46H44O12/c1-50-45-41(39(57-44(49)35-25-15-6-16-26-35)37(55-45)30-54-43(48)34-23-13-5-14-24-34)58-46-40(52-28-32-19-9-3-10-20-32)38(51-27-31-17-7-2-8-18-31)36(56-46)29-53-42(47)33-21-11-4-12-22-33/h2-26,36-41,45-46H,27-30H2,1H3/t36-,37-,38-,39-,40+,41+,45+,46+/m1/s1. The molecule has 0 amide bonds. The Morgan fingerprint density at radius 1 is 0.466 bits per heavy atom. The molecule has 12 heteroatoms. The van der Waals surface area contributed by atoms with Crippen LogP contribution in [0.15, 0.2) is 152 Å². The molecule has 0 unspecified atom stereocenters. The van der Waals surface area contributed by atoms with Gasteiger partial charge in [0.25, 0.3) is 0 Å². The van der Waals surface area contributed by atoms with Crippen LogP contribution in [-0.2, 0) is 55.8 Å². The average Bonchev–Trinajstić information content (AvgIpc) is 3.79. The van der Waals surface area contributed by atoms with Crippen LogP contribution in [0.25, 0.3) is 0 Å². The molecule has 12 nitrogen and oxygen atoms in total. The van der Waals surface area contributed by atoms with E-state index < -0.39 is 67.1 Å². The molecule has 2 aliphatic rings. The maximum Gasteiger partial charge on any atom is 0.338 e. The number of carbonyl (C=O) groups is 3. The molecular formula is C46H44O12. The van der Waals surface area contributed by atoms with Crippen molar-refractivity contribution >= 4 is 17.9 Å². The van der Waals surface area contributed by atoms with E-state index in [2.05, 4.69) is 0 Å². The lowest BCUT2D eigenvalue weighted by atomic mass is 10.1. The minimum atomic E-state index is -1.18. The normalized spacial score (nSPS) is 23.9. The Hall–Kier alpha value is -5.73. The zero-order valence-corrected chi connectivity index (χ0v) is 31.8. The van der Waals surface area contributed by atoms with Crippen molar-refractivity contribution < 1.29 is 57.0 Å². The second kappa shape index (κ2) is 20.1. The molecule has 8 atom stereocenters. The van der Waals surface area contributed by atoms with E-state index in [1.165, 1.54) is 7.11 Å². The summed E-state index contributed by atoms with van der Waals surface area (Å²) < 4.78 is 55.9. The zero-order chi connectivity index (χ0) is 40.1. The topological polar surface area (TPSA) is 134 Å². The maximum atomic E-state index is 13.6. The van der Waals surface area contributed by atoms with E-state index in [1.807, 2.05) is 66.7 Å². The Labute approximate surface area is 336 Å². The number of methoxy groups -OCH3 is 1. The fourth-order valence-electron chi connectivity index (χ4n) is 6.70. The molecule has 2 aliphatic heterocycles. The van der Waals surface area contributed by atoms with Gasteiger partial charge in [-0.25, -0.2) is 14.4 Å². The summed E-state index contributed by atoms with van der Waals surface area (Å²) in [6.07, 6.45) is -8.14. The van der Waals surface area contributed by atoms with Gasteiger partial charge in [-0.2, -0.15) is 0 Å². The van der Waals surface area contributed by atoms with E-state index in [0.717, 1.165) is 11.1 Å². The van der Waals surface area contributed by atoms with Crippen LogP contribution in [0.5, 0.6) is 0 Å². The number of carbonyl (C=O) groups excluding carboxylic acids is 3. The van der Waals surface area contributed by atoms with Crippen LogP contribution in [0.1, 0.15) is 42.2 Å². The quantitative estimate of drug-likeness (QED) is 0.0745. The van der Waals surface area contributed by atoms with Crippen molar-refractivity contribution in [2.45, 2.75) is 62.4 Å². The highest BCUT2D eigenvalue weighted by atomic mass is 16.8. The first kappa shape index (κ1) is 40.5. The Morgan fingerprint density at radius 3 is 1.33 bits per heavy atom. The summed E-state index contributed by atoms with van der Waals surface area (Å²) in [7, 11) is 1.42. The minimum absolute atomic E-state index is 0.163. The number of hydrogen-bond donors (Lipinski definition) is 0. The first-order chi connectivity index (χ1) is 28.5. The van der Waals surface area contributed by atoms with Crippen molar-refractivity contribution in [3.05, 3.63) is 179 Å². The molecule has 5 aromatic rings. The van der Waals surface area contributed by atoms with E-state index >= 15 is 0 Å². The summed E-state index contributed by atoms with van der Waals surface area (Å²) in [6.45, 7) is -0.136. The van der Waals surface area contributed by atoms with Gasteiger partial charge in [0.2, 0.25) is 0 Å². The molecule has 58 heavy (non-hydrogen) atoms. The monoisotopic (exact) mass is 788 g/mol. The van der Waals surface area contributed by atoms with Crippen LogP contribution in [0.3, 0.4) is 0 Å². The van der Waals surface area contributed by atoms with Crippen LogP contribution in [0.2, 0.25) is 0 Å². The zero-order valence-electron chi connectivity index (χ0n) is 31.8. The first-order valence-corrected chi connectivity index (χ1v) is 19.0. The maximum absolute atomic E-state index is 13.6. The van der Waals surface area contributed by atoms with Crippen molar-refractivity contribution in [1.82, 2.24) is 0 Å². The van der Waals surface area contributed by atoms with Gasteiger partial charge in [-0.1, -0.05) is 115 Å². The number of hydrogen-bond acceptors (Lipinski definition) is 12. The highest BCUT2D eigenvalue weighted by molar-refractivity contribution is 5.90. The molecule has 0 radical (unpaired) electrons. The van der Waals surface area contributed by atoms with E-state index in [0.29, 0.717) is 11.1 Å². The third kappa shape index (κ3) is 10.4. The van der Waals surface area contributed by atoms with Gasteiger partial charge in [0.15, 0.2) is 24.8 Å². The number of esters is 3. The van der Waals surface area contributed by atoms with Gasteiger partial charge < -0.3 is 42.6 Å². The van der Waals surface area contributed by atoms with E-state index in [-0.39, 0.29) is 32.0 Å². The lowest BCUT2D eigenvalue weighted by Crippen LogP contribution is -2.46. The molecule has 2 fully saturated rings. The number of benzene rings is 5. The van der Waals surface area contributed by atoms with Crippen LogP contribution in [-0.4, -0.2) is 87.4 Å². The molecule has 5 aromatic carbocycles. The summed E-state index contributed by atoms with van der Waals surface area (Å²) in [6, 6.07) is 44.8. The Balaban J connectivity index is 1.17. The molecule has 300 valence electrons. The number of rotatable bonds is 17. The lowest BCUT2D eigenvalue weighted by Gasteiger charge is -2.29. The van der Waals surface area contributed by atoms with Crippen LogP contribution >= 0.6 is 0 Å². The first-order valence-electron chi connectivity index (χ1n) is 19.0. The third-order valence-electron chi connectivity index (χ3n) is 9.66. The predicted molar refractivity (Wildman–Crippen MR) is 208 cm³/mol. The minimum Gasteiger partial charge on any atom is -0.459 e. The average molecular weight is 789 g/mol. The highest BCUT2D eigenvalue weighted by Gasteiger charge is 2.55. The van der Waals surface area contributed by atoms with Crippen molar-refractivity contribution in [2.75, 3.05) is 20.3 Å². The fraction of sp³-hybridized carbons (Fsp3) is 0.283. The number of ether oxygens (including phenoxy) is 9. The van der Waals surface area contributed by atoms with Crippen LogP contribution < -0.4 is 0 Å². The third-order valence-corrected chi connectivity index (χ3v) is 9.66. The summed E-state index contributed by atoms with van der Waals surface area (Å²) in [5, 5.41) is 0. The molecule has 0 saturated carbocycles. The molecule has 0 N–H and O–H groups in total. The molecule has 0 spiro atoms. The lowest BCUT2D eigenvalue weighted by molar-refractivity contribution is -0.247. The second-order valence-electron chi connectivity index (χ2n) is 13.6. The van der Waals surface area contributed by atoms with Crippen molar-refractivity contribution in [2.24, 2.45) is 0 Å². The van der Waals surface area contributed by atoms with Crippen molar-refractivity contribution in [3.63, 3.8) is 0 Å². The van der Waals surface area contributed by atoms with Gasteiger partial charge >= 0.3 is 17.9 Å². The molecule has 2 saturated heterocycles. The van der Waals surface area contributed by atoms with Gasteiger partial charge in [-0.15, -0.1) is 0 Å². The summed E-state index contributed by atoms with van der Waals surface area (Å²) in [5.41, 5.74) is 2.79. The van der Waals surface area contributed by atoms with Crippen molar-refractivity contribution in [3.8, 4) is 0 Å². The molecule has 7 rings (SSSR count). The molecular weight excluding hydrogens is 744 g/mol. The largest absolute Gasteiger partial charge is 0.459 e. The van der Waals surface area contributed by atoms with Gasteiger partial charge in [0.05, 0.1) is 29.9 Å². The Kier molecular flexibility index (Phi) is 14.0. The SMILES string of the molecule is CO[C@H]1O[C@H](COC(=O)c2ccccc2)[C@@H](OC(=O)c2ccccc2)[C@@H]1O[C@@H]1O[C@H](COC(=O)c2ccccc2)[C@@H](OCc2ccccc2)[C@@H]1OCc1ccccc1. The smallest absolute Gasteiger partial charge is 0.338 e. The summed E-state index contributed by atoms with van der Waals surface area (Å²) >= 11 is 0. The molecule has 0 aromatic heterocycles. The van der Waals surface area contributed by atoms with Crippen LogP contribution in [0, 0.1) is 0 Å². The molecule has 2 heterocycles. The van der Waals surface area contributed by atoms with Crippen LogP contribution in [0.4, 0.5) is 0 Å². The van der Waals surface area contributed by atoms with Crippen molar-refractivity contribution in [1.29, 1.82) is 0 Å².